The van der Waals surface area contributed by atoms with Crippen molar-refractivity contribution in [3.63, 3.8) is 0 Å². The summed E-state index contributed by atoms with van der Waals surface area (Å²) in [5.41, 5.74) is 11.1. The van der Waals surface area contributed by atoms with E-state index >= 15 is 0 Å². The predicted octanol–water partition coefficient (Wildman–Crippen LogP) is 0.627. The number of carbonyl (C=O) groups excluding carboxylic acids is 3. The number of rotatable bonds is 9. The van der Waals surface area contributed by atoms with Crippen LogP contribution in [0, 0.1) is 0 Å². The Morgan fingerprint density at radius 2 is 1.61 bits per heavy atom. The van der Waals surface area contributed by atoms with Gasteiger partial charge in [0, 0.05) is 12.1 Å². The van der Waals surface area contributed by atoms with Gasteiger partial charge in [-0.3, -0.25) is 14.4 Å². The number of benzene rings is 2. The van der Waals surface area contributed by atoms with Crippen LogP contribution in [-0.2, 0) is 9.59 Å². The molecule has 0 heterocycles. The van der Waals surface area contributed by atoms with Crippen molar-refractivity contribution in [3.8, 4) is 0 Å². The minimum Gasteiger partial charge on any atom is -0.480 e. The molecule has 0 aliphatic heterocycles. The normalized spacial score (nSPS) is 11.1. The molecule has 0 aliphatic carbocycles. The molecule has 0 fully saturated rings. The fraction of sp³-hybridized carbons (Fsp3) is 0.150. The molecule has 8 N–H and O–H groups in total. The number of aliphatic carboxylic acids is 1. The van der Waals surface area contributed by atoms with Crippen molar-refractivity contribution in [2.75, 3.05) is 13.1 Å². The van der Waals surface area contributed by atoms with Crippen LogP contribution in [0.15, 0.2) is 47.5 Å². The van der Waals surface area contributed by atoms with Crippen molar-refractivity contribution >= 4 is 58.5 Å². The number of carboxylic acid groups (broad SMARTS) is 1. The zero-order chi connectivity index (χ0) is 24.5. The molecule has 0 saturated carbocycles. The summed E-state index contributed by atoms with van der Waals surface area (Å²) in [6, 6.07) is 8.97. The van der Waals surface area contributed by atoms with E-state index in [-0.39, 0.29) is 27.1 Å². The summed E-state index contributed by atoms with van der Waals surface area (Å²) in [6.45, 7) is -0.889. The Hall–Kier alpha value is -3.83. The minimum absolute atomic E-state index is 0.0415. The number of guanidine groups is 1. The largest absolute Gasteiger partial charge is 0.480 e. The Labute approximate surface area is 198 Å². The highest BCUT2D eigenvalue weighted by molar-refractivity contribution is 6.39. The SMILES string of the molecule is NC(N)=Nc1cccc(C(=O)NCC(=O)NC[C@H](NC(=O)c2c(Cl)cccc2Cl)C(=O)O)c1. The van der Waals surface area contributed by atoms with Gasteiger partial charge in [-0.25, -0.2) is 9.79 Å². The van der Waals surface area contributed by atoms with Gasteiger partial charge in [0.15, 0.2) is 5.96 Å². The highest BCUT2D eigenvalue weighted by Crippen LogP contribution is 2.24. The Kier molecular flexibility index (Phi) is 9.01. The summed E-state index contributed by atoms with van der Waals surface area (Å²) in [5.74, 6) is -3.65. The fourth-order valence-electron chi connectivity index (χ4n) is 2.55. The van der Waals surface area contributed by atoms with E-state index in [4.69, 9.17) is 34.7 Å². The van der Waals surface area contributed by atoms with Crippen LogP contribution in [-0.4, -0.2) is 53.9 Å². The Morgan fingerprint density at radius 3 is 2.21 bits per heavy atom. The van der Waals surface area contributed by atoms with Gasteiger partial charge in [-0.15, -0.1) is 0 Å². The van der Waals surface area contributed by atoms with E-state index in [1.54, 1.807) is 12.1 Å². The third kappa shape index (κ3) is 7.66. The van der Waals surface area contributed by atoms with Gasteiger partial charge < -0.3 is 32.5 Å². The summed E-state index contributed by atoms with van der Waals surface area (Å²) < 4.78 is 0. The lowest BCUT2D eigenvalue weighted by molar-refractivity contribution is -0.139. The zero-order valence-electron chi connectivity index (χ0n) is 17.0. The second-order valence-electron chi connectivity index (χ2n) is 6.53. The quantitative estimate of drug-likeness (QED) is 0.217. The van der Waals surface area contributed by atoms with Crippen molar-refractivity contribution in [2.45, 2.75) is 6.04 Å². The van der Waals surface area contributed by atoms with Gasteiger partial charge in [-0.1, -0.05) is 35.3 Å². The lowest BCUT2D eigenvalue weighted by Crippen LogP contribution is -2.50. The Balaban J connectivity index is 1.91. The number of carbonyl (C=O) groups is 4. The van der Waals surface area contributed by atoms with Crippen LogP contribution < -0.4 is 27.4 Å². The van der Waals surface area contributed by atoms with E-state index in [2.05, 4.69) is 20.9 Å². The average molecular weight is 495 g/mol. The molecule has 0 saturated heterocycles. The molecule has 0 spiro atoms. The smallest absolute Gasteiger partial charge is 0.328 e. The number of hydrogen-bond donors (Lipinski definition) is 6. The Bertz CT molecular complexity index is 1080. The first-order chi connectivity index (χ1) is 15.6. The van der Waals surface area contributed by atoms with Gasteiger partial charge >= 0.3 is 5.97 Å². The molecule has 0 radical (unpaired) electrons. The molecule has 11 nitrogen and oxygen atoms in total. The maximum absolute atomic E-state index is 12.4. The number of nitrogens with zero attached hydrogens (tertiary/aromatic N) is 1. The molecule has 0 unspecified atom stereocenters. The van der Waals surface area contributed by atoms with Crippen molar-refractivity contribution in [1.29, 1.82) is 0 Å². The van der Waals surface area contributed by atoms with Crippen LogP contribution in [0.5, 0.6) is 0 Å². The minimum atomic E-state index is -1.47. The third-order valence-corrected chi connectivity index (χ3v) is 4.70. The Morgan fingerprint density at radius 1 is 0.970 bits per heavy atom. The second kappa shape index (κ2) is 11.7. The molecule has 0 aromatic heterocycles. The first kappa shape index (κ1) is 25.4. The highest BCUT2D eigenvalue weighted by Gasteiger charge is 2.24. The van der Waals surface area contributed by atoms with Crippen LogP contribution in [0.25, 0.3) is 0 Å². The summed E-state index contributed by atoms with van der Waals surface area (Å²) in [6.07, 6.45) is 0. The molecule has 174 valence electrons. The van der Waals surface area contributed by atoms with Gasteiger partial charge in [-0.05, 0) is 30.3 Å². The average Bonchev–Trinajstić information content (AvgIpc) is 2.74. The van der Waals surface area contributed by atoms with Crippen LogP contribution >= 0.6 is 23.2 Å². The molecule has 1 atom stereocenters. The van der Waals surface area contributed by atoms with Crippen molar-refractivity contribution in [3.05, 3.63) is 63.6 Å². The van der Waals surface area contributed by atoms with Crippen molar-refractivity contribution in [2.24, 2.45) is 16.5 Å². The fourth-order valence-corrected chi connectivity index (χ4v) is 3.12. The van der Waals surface area contributed by atoms with Crippen LogP contribution in [0.1, 0.15) is 20.7 Å². The molecule has 33 heavy (non-hydrogen) atoms. The van der Waals surface area contributed by atoms with E-state index in [9.17, 15) is 24.3 Å². The van der Waals surface area contributed by atoms with E-state index < -0.39 is 42.8 Å². The maximum atomic E-state index is 12.4. The monoisotopic (exact) mass is 494 g/mol. The molecule has 2 aromatic carbocycles. The molecule has 0 aliphatic rings. The zero-order valence-corrected chi connectivity index (χ0v) is 18.5. The highest BCUT2D eigenvalue weighted by atomic mass is 35.5. The topological polar surface area (TPSA) is 189 Å². The summed E-state index contributed by atoms with van der Waals surface area (Å²) in [4.78, 5) is 52.0. The number of halogens is 2. The molecule has 2 aromatic rings. The van der Waals surface area contributed by atoms with Crippen LogP contribution in [0.3, 0.4) is 0 Å². The first-order valence-electron chi connectivity index (χ1n) is 9.30. The molecular weight excluding hydrogens is 475 g/mol. The number of nitrogens with one attached hydrogen (secondary N) is 3. The van der Waals surface area contributed by atoms with Gasteiger partial charge in [0.1, 0.15) is 6.04 Å². The number of aliphatic imine (C=N–C) groups is 1. The number of amides is 3. The molecule has 3 amide bonds. The van der Waals surface area contributed by atoms with E-state index in [0.29, 0.717) is 5.69 Å². The summed E-state index contributed by atoms with van der Waals surface area (Å²) >= 11 is 11.9. The number of nitrogens with two attached hydrogens (primary N) is 2. The predicted molar refractivity (Wildman–Crippen MR) is 123 cm³/mol. The second-order valence-corrected chi connectivity index (χ2v) is 7.35. The van der Waals surface area contributed by atoms with E-state index in [1.807, 2.05) is 0 Å². The van der Waals surface area contributed by atoms with Crippen LogP contribution in [0.4, 0.5) is 5.69 Å². The first-order valence-corrected chi connectivity index (χ1v) is 10.1. The van der Waals surface area contributed by atoms with E-state index in [1.165, 1.54) is 30.3 Å². The molecule has 2 rings (SSSR count). The van der Waals surface area contributed by atoms with Crippen molar-refractivity contribution in [1.82, 2.24) is 16.0 Å². The van der Waals surface area contributed by atoms with Gasteiger partial charge in [-0.2, -0.15) is 0 Å². The van der Waals surface area contributed by atoms with E-state index in [0.717, 1.165) is 0 Å². The van der Waals surface area contributed by atoms with Gasteiger partial charge in [0.2, 0.25) is 5.91 Å². The molecule has 0 bridgehead atoms. The molecule has 13 heteroatoms. The number of hydrogen-bond acceptors (Lipinski definition) is 5. The van der Waals surface area contributed by atoms with Gasteiger partial charge in [0.25, 0.3) is 11.8 Å². The van der Waals surface area contributed by atoms with Crippen LogP contribution in [0.2, 0.25) is 10.0 Å². The lowest BCUT2D eigenvalue weighted by Gasteiger charge is -2.16. The lowest BCUT2D eigenvalue weighted by atomic mass is 10.2. The standard InChI is InChI=1S/C20H20Cl2N6O5/c21-12-5-2-6-13(22)16(12)18(31)28-14(19(32)33)8-25-15(29)9-26-17(30)10-3-1-4-11(7-10)27-20(23)24/h1-7,14H,8-9H2,(H,25,29)(H,26,30)(H,28,31)(H,32,33)(H4,23,24,27)/t14-/m0/s1. The van der Waals surface area contributed by atoms with Crippen molar-refractivity contribution < 1.29 is 24.3 Å². The summed E-state index contributed by atoms with van der Waals surface area (Å²) in [5, 5.41) is 16.4. The number of carboxylic acids is 1. The maximum Gasteiger partial charge on any atom is 0.328 e. The van der Waals surface area contributed by atoms with Gasteiger partial charge in [0.05, 0.1) is 27.8 Å². The third-order valence-electron chi connectivity index (χ3n) is 4.07. The molecular formula is C20H20Cl2N6O5. The summed E-state index contributed by atoms with van der Waals surface area (Å²) in [7, 11) is 0.